The minimum Gasteiger partial charge on any atom is -0.496 e. The zero-order valence-electron chi connectivity index (χ0n) is 10.9. The Morgan fingerprint density at radius 1 is 1.35 bits per heavy atom. The van der Waals surface area contributed by atoms with Gasteiger partial charge < -0.3 is 9.84 Å². The molecule has 1 rings (SSSR count). The number of carboxylic acids is 1. The van der Waals surface area contributed by atoms with Crippen LogP contribution in [-0.2, 0) is 10.2 Å². The standard InChI is InChI=1S/C14H20O3/c1-5-14(6-2,13(15)16)11-8-7-10(3)12(9-11)17-4/h7-9H,5-6H2,1-4H3,(H,15,16). The van der Waals surface area contributed by atoms with E-state index in [4.69, 9.17) is 4.74 Å². The lowest BCUT2D eigenvalue weighted by Gasteiger charge is -2.27. The van der Waals surface area contributed by atoms with Crippen molar-refractivity contribution in [2.75, 3.05) is 7.11 Å². The first kappa shape index (κ1) is 13.6. The summed E-state index contributed by atoms with van der Waals surface area (Å²) in [7, 11) is 1.60. The molecule has 3 nitrogen and oxygen atoms in total. The molecule has 0 fully saturated rings. The van der Waals surface area contributed by atoms with E-state index in [0.717, 1.165) is 16.9 Å². The topological polar surface area (TPSA) is 46.5 Å². The van der Waals surface area contributed by atoms with E-state index in [0.29, 0.717) is 12.8 Å². The van der Waals surface area contributed by atoms with Gasteiger partial charge in [-0.25, -0.2) is 0 Å². The van der Waals surface area contributed by atoms with Gasteiger partial charge in [0.15, 0.2) is 0 Å². The molecule has 94 valence electrons. The van der Waals surface area contributed by atoms with E-state index in [9.17, 15) is 9.90 Å². The van der Waals surface area contributed by atoms with Crippen LogP contribution >= 0.6 is 0 Å². The van der Waals surface area contributed by atoms with E-state index in [1.165, 1.54) is 0 Å². The second-order valence-electron chi connectivity index (χ2n) is 4.28. The molecule has 0 heterocycles. The Labute approximate surface area is 102 Å². The predicted octanol–water partition coefficient (Wildman–Crippen LogP) is 3.15. The van der Waals surface area contributed by atoms with Gasteiger partial charge >= 0.3 is 5.97 Å². The fourth-order valence-corrected chi connectivity index (χ4v) is 2.20. The maximum Gasteiger partial charge on any atom is 0.314 e. The van der Waals surface area contributed by atoms with E-state index in [2.05, 4.69) is 0 Å². The third-order valence-corrected chi connectivity index (χ3v) is 3.58. The van der Waals surface area contributed by atoms with Crippen LogP contribution in [0.2, 0.25) is 0 Å². The van der Waals surface area contributed by atoms with Gasteiger partial charge in [-0.05, 0) is 37.0 Å². The van der Waals surface area contributed by atoms with Crippen molar-refractivity contribution in [1.29, 1.82) is 0 Å². The summed E-state index contributed by atoms with van der Waals surface area (Å²) in [5.74, 6) is -0.0246. The molecule has 0 aromatic heterocycles. The van der Waals surface area contributed by atoms with Gasteiger partial charge in [0.25, 0.3) is 0 Å². The lowest BCUT2D eigenvalue weighted by Crippen LogP contribution is -2.34. The molecule has 0 bridgehead atoms. The number of carbonyl (C=O) groups is 1. The quantitative estimate of drug-likeness (QED) is 0.854. The maximum atomic E-state index is 11.5. The van der Waals surface area contributed by atoms with Gasteiger partial charge in [0.05, 0.1) is 12.5 Å². The van der Waals surface area contributed by atoms with Gasteiger partial charge in [-0.15, -0.1) is 0 Å². The molecule has 1 aromatic rings. The predicted molar refractivity (Wildman–Crippen MR) is 67.6 cm³/mol. The normalized spacial score (nSPS) is 11.3. The van der Waals surface area contributed by atoms with Gasteiger partial charge in [0.1, 0.15) is 5.75 Å². The summed E-state index contributed by atoms with van der Waals surface area (Å²) < 4.78 is 5.26. The molecule has 17 heavy (non-hydrogen) atoms. The second kappa shape index (κ2) is 5.21. The van der Waals surface area contributed by atoms with Crippen molar-refractivity contribution in [1.82, 2.24) is 0 Å². The number of benzene rings is 1. The molecule has 0 unspecified atom stereocenters. The van der Waals surface area contributed by atoms with E-state index in [1.807, 2.05) is 39.0 Å². The van der Waals surface area contributed by atoms with Crippen molar-refractivity contribution in [3.8, 4) is 5.75 Å². The summed E-state index contributed by atoms with van der Waals surface area (Å²) in [6, 6.07) is 5.65. The van der Waals surface area contributed by atoms with Crippen molar-refractivity contribution in [2.45, 2.75) is 39.0 Å². The fraction of sp³-hybridized carbons (Fsp3) is 0.500. The Bertz CT molecular complexity index is 406. The van der Waals surface area contributed by atoms with Crippen LogP contribution in [0, 0.1) is 6.92 Å². The Kier molecular flexibility index (Phi) is 4.16. The zero-order valence-corrected chi connectivity index (χ0v) is 10.9. The smallest absolute Gasteiger partial charge is 0.314 e. The largest absolute Gasteiger partial charge is 0.496 e. The highest BCUT2D eigenvalue weighted by molar-refractivity contribution is 5.81. The van der Waals surface area contributed by atoms with Crippen molar-refractivity contribution >= 4 is 5.97 Å². The molecule has 0 saturated carbocycles. The number of aliphatic carboxylic acids is 1. The molecule has 0 aliphatic rings. The molecule has 0 spiro atoms. The molecular weight excluding hydrogens is 216 g/mol. The molecule has 0 atom stereocenters. The summed E-state index contributed by atoms with van der Waals surface area (Å²) in [5, 5.41) is 9.47. The Balaban J connectivity index is 3.33. The monoisotopic (exact) mass is 236 g/mol. The van der Waals surface area contributed by atoms with Crippen LogP contribution < -0.4 is 4.74 Å². The Morgan fingerprint density at radius 2 is 1.94 bits per heavy atom. The summed E-state index contributed by atoms with van der Waals surface area (Å²) in [4.78, 5) is 11.5. The summed E-state index contributed by atoms with van der Waals surface area (Å²) in [6.45, 7) is 5.76. The van der Waals surface area contributed by atoms with Crippen LogP contribution in [0.4, 0.5) is 0 Å². The summed E-state index contributed by atoms with van der Waals surface area (Å²) in [5.41, 5.74) is 1.03. The highest BCUT2D eigenvalue weighted by Gasteiger charge is 2.37. The van der Waals surface area contributed by atoms with Crippen LogP contribution in [0.5, 0.6) is 5.75 Å². The minimum absolute atomic E-state index is 0.574. The average molecular weight is 236 g/mol. The van der Waals surface area contributed by atoms with Gasteiger partial charge in [-0.2, -0.15) is 0 Å². The summed E-state index contributed by atoms with van der Waals surface area (Å²) in [6.07, 6.45) is 1.15. The average Bonchev–Trinajstić information content (AvgIpc) is 2.32. The van der Waals surface area contributed by atoms with Crippen LogP contribution in [0.1, 0.15) is 37.8 Å². The van der Waals surface area contributed by atoms with Gasteiger partial charge in [-0.1, -0.05) is 26.0 Å². The van der Waals surface area contributed by atoms with Crippen molar-refractivity contribution in [3.63, 3.8) is 0 Å². The number of ether oxygens (including phenoxy) is 1. The van der Waals surface area contributed by atoms with E-state index >= 15 is 0 Å². The van der Waals surface area contributed by atoms with Crippen LogP contribution in [-0.4, -0.2) is 18.2 Å². The molecule has 0 radical (unpaired) electrons. The lowest BCUT2D eigenvalue weighted by molar-refractivity contribution is -0.144. The number of hydrogen-bond donors (Lipinski definition) is 1. The first-order chi connectivity index (χ1) is 8.01. The number of rotatable bonds is 5. The molecule has 0 aliphatic carbocycles. The van der Waals surface area contributed by atoms with E-state index in [1.54, 1.807) is 7.11 Å². The SMILES string of the molecule is CCC(CC)(C(=O)O)c1ccc(C)c(OC)c1. The number of hydrogen-bond acceptors (Lipinski definition) is 2. The summed E-state index contributed by atoms with van der Waals surface area (Å²) >= 11 is 0. The van der Waals surface area contributed by atoms with Crippen LogP contribution in [0.15, 0.2) is 18.2 Å². The molecular formula is C14H20O3. The van der Waals surface area contributed by atoms with Gasteiger partial charge in [0.2, 0.25) is 0 Å². The highest BCUT2D eigenvalue weighted by atomic mass is 16.5. The molecule has 0 aliphatic heterocycles. The van der Waals surface area contributed by atoms with Gasteiger partial charge in [0, 0.05) is 0 Å². The van der Waals surface area contributed by atoms with E-state index < -0.39 is 11.4 Å². The van der Waals surface area contributed by atoms with Gasteiger partial charge in [-0.3, -0.25) is 4.79 Å². The molecule has 3 heteroatoms. The number of carboxylic acid groups (broad SMARTS) is 1. The third kappa shape index (κ3) is 2.28. The third-order valence-electron chi connectivity index (χ3n) is 3.58. The maximum absolute atomic E-state index is 11.5. The Hall–Kier alpha value is -1.51. The minimum atomic E-state index is -0.805. The van der Waals surface area contributed by atoms with Crippen LogP contribution in [0.25, 0.3) is 0 Å². The first-order valence-electron chi connectivity index (χ1n) is 5.90. The fourth-order valence-electron chi connectivity index (χ4n) is 2.20. The van der Waals surface area contributed by atoms with Crippen molar-refractivity contribution < 1.29 is 14.6 Å². The molecule has 0 saturated heterocycles. The number of methoxy groups -OCH3 is 1. The second-order valence-corrected chi connectivity index (χ2v) is 4.28. The van der Waals surface area contributed by atoms with Crippen molar-refractivity contribution in [2.24, 2.45) is 0 Å². The van der Waals surface area contributed by atoms with E-state index in [-0.39, 0.29) is 0 Å². The first-order valence-corrected chi connectivity index (χ1v) is 5.90. The molecule has 1 aromatic carbocycles. The zero-order chi connectivity index (χ0) is 13.1. The Morgan fingerprint density at radius 3 is 2.35 bits per heavy atom. The number of aryl methyl sites for hydroxylation is 1. The van der Waals surface area contributed by atoms with Crippen molar-refractivity contribution in [3.05, 3.63) is 29.3 Å². The molecule has 1 N–H and O–H groups in total. The van der Waals surface area contributed by atoms with Crippen LogP contribution in [0.3, 0.4) is 0 Å². The molecule has 0 amide bonds. The highest BCUT2D eigenvalue weighted by Crippen LogP contribution is 2.34. The lowest BCUT2D eigenvalue weighted by atomic mass is 9.75.